The van der Waals surface area contributed by atoms with Gasteiger partial charge in [0.2, 0.25) is 0 Å². The molecule has 0 spiro atoms. The molecule has 0 aromatic rings. The second-order valence-corrected chi connectivity index (χ2v) is 8.61. The van der Waals surface area contributed by atoms with Gasteiger partial charge in [0, 0.05) is 11.8 Å². The topological polar surface area (TPSA) is 34.1 Å². The van der Waals surface area contributed by atoms with Crippen molar-refractivity contribution < 1.29 is 9.59 Å². The van der Waals surface area contributed by atoms with E-state index in [4.69, 9.17) is 0 Å². The van der Waals surface area contributed by atoms with Crippen molar-refractivity contribution >= 4 is 11.6 Å². The van der Waals surface area contributed by atoms with Gasteiger partial charge in [0.15, 0.2) is 11.6 Å². The highest BCUT2D eigenvalue weighted by molar-refractivity contribution is 6.02. The van der Waals surface area contributed by atoms with Gasteiger partial charge in [0.1, 0.15) is 0 Å². The van der Waals surface area contributed by atoms with Crippen molar-refractivity contribution in [2.24, 2.45) is 34.5 Å². The van der Waals surface area contributed by atoms with Crippen LogP contribution in [0.4, 0.5) is 0 Å². The first-order valence-corrected chi connectivity index (χ1v) is 8.81. The Morgan fingerprint density at radius 1 is 1.09 bits per heavy atom. The van der Waals surface area contributed by atoms with Crippen LogP contribution in [-0.4, -0.2) is 11.6 Å². The molecular formula is C20H26O2. The maximum absolute atomic E-state index is 12.6. The number of hydrogen-bond acceptors (Lipinski definition) is 2. The zero-order chi connectivity index (χ0) is 15.7. The summed E-state index contributed by atoms with van der Waals surface area (Å²) in [4.78, 5) is 24.4. The molecule has 0 N–H and O–H groups in total. The molecule has 3 fully saturated rings. The summed E-state index contributed by atoms with van der Waals surface area (Å²) in [7, 11) is 0. The second kappa shape index (κ2) is 4.43. The molecule has 4 rings (SSSR count). The van der Waals surface area contributed by atoms with Crippen LogP contribution in [0.3, 0.4) is 0 Å². The first-order valence-electron chi connectivity index (χ1n) is 8.81. The molecule has 2 heteroatoms. The summed E-state index contributed by atoms with van der Waals surface area (Å²) in [5.41, 5.74) is 0.857. The van der Waals surface area contributed by atoms with E-state index in [-0.39, 0.29) is 10.8 Å². The van der Waals surface area contributed by atoms with E-state index < -0.39 is 0 Å². The highest BCUT2D eigenvalue weighted by Gasteiger charge is 2.60. The molecule has 0 heterocycles. The van der Waals surface area contributed by atoms with Crippen LogP contribution in [0.5, 0.6) is 0 Å². The lowest BCUT2D eigenvalue weighted by molar-refractivity contribution is -0.133. The molecule has 6 atom stereocenters. The largest absolute Gasteiger partial charge is 0.295 e. The van der Waals surface area contributed by atoms with Crippen LogP contribution in [-0.2, 0) is 9.59 Å². The van der Waals surface area contributed by atoms with Crippen molar-refractivity contribution in [2.75, 3.05) is 0 Å². The van der Waals surface area contributed by atoms with Crippen LogP contribution in [0.1, 0.15) is 52.4 Å². The number of fused-ring (bicyclic) bond motifs is 5. The summed E-state index contributed by atoms with van der Waals surface area (Å²) >= 11 is 0. The molecule has 0 aromatic carbocycles. The molecule has 4 aliphatic rings. The quantitative estimate of drug-likeness (QED) is 0.631. The Labute approximate surface area is 133 Å². The summed E-state index contributed by atoms with van der Waals surface area (Å²) in [5.74, 6) is 2.88. The van der Waals surface area contributed by atoms with Crippen molar-refractivity contribution in [3.05, 3.63) is 24.3 Å². The summed E-state index contributed by atoms with van der Waals surface area (Å²) in [6, 6.07) is 0. The lowest BCUT2D eigenvalue weighted by Crippen LogP contribution is -2.52. The van der Waals surface area contributed by atoms with E-state index in [1.165, 1.54) is 6.42 Å². The number of Topliss-reactive ketones (excluding diaryl/α,β-unsaturated/α-hetero) is 1. The molecule has 0 bridgehead atoms. The van der Waals surface area contributed by atoms with E-state index in [1.807, 2.05) is 6.08 Å². The number of allylic oxidation sites excluding steroid dienone is 3. The highest BCUT2D eigenvalue weighted by atomic mass is 16.1. The average molecular weight is 298 g/mol. The van der Waals surface area contributed by atoms with Crippen molar-refractivity contribution in [2.45, 2.75) is 52.4 Å². The van der Waals surface area contributed by atoms with Gasteiger partial charge in [0.05, 0.1) is 0 Å². The lowest BCUT2D eigenvalue weighted by atomic mass is 9.46. The monoisotopic (exact) mass is 298 g/mol. The van der Waals surface area contributed by atoms with E-state index in [1.54, 1.807) is 0 Å². The predicted molar refractivity (Wildman–Crippen MR) is 86.2 cm³/mol. The Kier molecular flexibility index (Phi) is 2.90. The standard InChI is InChI=1S/C20H26O2/c1-12-10-17-15-5-4-13-11-14(21)6-8-19(13,2)16(15)7-9-20(17,3)18(12)22/h6,8,13,15-17H,1,4-5,7,9-11H2,2-3H3/t13?,15-,16-,17+,19+,20+/m1/s1. The third kappa shape index (κ3) is 1.67. The Morgan fingerprint density at radius 3 is 2.64 bits per heavy atom. The van der Waals surface area contributed by atoms with E-state index in [2.05, 4.69) is 26.5 Å². The first kappa shape index (κ1) is 14.4. The molecule has 1 unspecified atom stereocenters. The Morgan fingerprint density at radius 2 is 1.86 bits per heavy atom. The van der Waals surface area contributed by atoms with Crippen molar-refractivity contribution in [3.63, 3.8) is 0 Å². The second-order valence-electron chi connectivity index (χ2n) is 8.61. The van der Waals surface area contributed by atoms with E-state index in [9.17, 15) is 9.59 Å². The van der Waals surface area contributed by atoms with Crippen LogP contribution in [0.25, 0.3) is 0 Å². The van der Waals surface area contributed by atoms with Crippen molar-refractivity contribution in [1.82, 2.24) is 0 Å². The Bertz CT molecular complexity index is 601. The zero-order valence-corrected chi connectivity index (χ0v) is 13.7. The minimum atomic E-state index is -0.157. The third-order valence-electron chi connectivity index (χ3n) is 7.74. The van der Waals surface area contributed by atoms with Gasteiger partial charge >= 0.3 is 0 Å². The predicted octanol–water partition coefficient (Wildman–Crippen LogP) is 4.11. The number of ketones is 2. The fourth-order valence-corrected chi connectivity index (χ4v) is 6.38. The summed E-state index contributed by atoms with van der Waals surface area (Å²) in [5, 5.41) is 0. The van der Waals surface area contributed by atoms with E-state index >= 15 is 0 Å². The van der Waals surface area contributed by atoms with E-state index in [0.29, 0.717) is 35.2 Å². The van der Waals surface area contributed by atoms with Gasteiger partial charge in [-0.25, -0.2) is 0 Å². The first-order chi connectivity index (χ1) is 10.4. The van der Waals surface area contributed by atoms with Crippen LogP contribution in [0.15, 0.2) is 24.3 Å². The summed E-state index contributed by atoms with van der Waals surface area (Å²) in [6.45, 7) is 8.59. The maximum Gasteiger partial charge on any atom is 0.164 e. The molecule has 0 radical (unpaired) electrons. The van der Waals surface area contributed by atoms with Crippen LogP contribution < -0.4 is 0 Å². The fourth-order valence-electron chi connectivity index (χ4n) is 6.38. The molecule has 0 amide bonds. The van der Waals surface area contributed by atoms with Crippen LogP contribution in [0.2, 0.25) is 0 Å². The highest BCUT2D eigenvalue weighted by Crippen LogP contribution is 2.64. The normalized spacial score (nSPS) is 50.5. The fraction of sp³-hybridized carbons (Fsp3) is 0.700. The van der Waals surface area contributed by atoms with Gasteiger partial charge in [-0.3, -0.25) is 9.59 Å². The summed E-state index contributed by atoms with van der Waals surface area (Å²) in [6.07, 6.45) is 10.1. The Balaban J connectivity index is 1.71. The lowest BCUT2D eigenvalue weighted by Gasteiger charge is -2.57. The molecule has 0 aliphatic heterocycles. The minimum absolute atomic E-state index is 0.157. The smallest absolute Gasteiger partial charge is 0.164 e. The van der Waals surface area contributed by atoms with Gasteiger partial charge in [-0.15, -0.1) is 0 Å². The van der Waals surface area contributed by atoms with Gasteiger partial charge in [-0.1, -0.05) is 26.5 Å². The molecule has 0 saturated heterocycles. The zero-order valence-electron chi connectivity index (χ0n) is 13.7. The number of carbonyl (C=O) groups excluding carboxylic acids is 2. The molecule has 3 saturated carbocycles. The number of carbonyl (C=O) groups is 2. The molecule has 0 aromatic heterocycles. The number of hydrogen-bond donors (Lipinski definition) is 0. The van der Waals surface area contributed by atoms with Crippen LogP contribution >= 0.6 is 0 Å². The van der Waals surface area contributed by atoms with Crippen molar-refractivity contribution in [3.8, 4) is 0 Å². The maximum atomic E-state index is 12.6. The molecule has 4 aliphatic carbocycles. The molecule has 118 valence electrons. The van der Waals surface area contributed by atoms with Gasteiger partial charge in [-0.05, 0) is 72.8 Å². The van der Waals surface area contributed by atoms with Gasteiger partial charge in [-0.2, -0.15) is 0 Å². The SMILES string of the molecule is C=C1C[C@H]2[C@@H]3CCC4CC(=O)C=C[C@]4(C)[C@@H]3CC[C@]2(C)C1=O. The Hall–Kier alpha value is -1.18. The van der Waals surface area contributed by atoms with Gasteiger partial charge < -0.3 is 0 Å². The van der Waals surface area contributed by atoms with Gasteiger partial charge in [0.25, 0.3) is 0 Å². The summed E-state index contributed by atoms with van der Waals surface area (Å²) < 4.78 is 0. The molecule has 22 heavy (non-hydrogen) atoms. The van der Waals surface area contributed by atoms with Crippen LogP contribution in [0, 0.1) is 34.5 Å². The molecule has 2 nitrogen and oxygen atoms in total. The minimum Gasteiger partial charge on any atom is -0.295 e. The van der Waals surface area contributed by atoms with Crippen molar-refractivity contribution in [1.29, 1.82) is 0 Å². The number of rotatable bonds is 0. The van der Waals surface area contributed by atoms with E-state index in [0.717, 1.165) is 37.7 Å². The third-order valence-corrected chi connectivity index (χ3v) is 7.74. The molecular weight excluding hydrogens is 272 g/mol. The average Bonchev–Trinajstić information content (AvgIpc) is 2.72.